The Kier molecular flexibility index (Phi) is 3.50. The molecule has 0 saturated carbocycles. The number of nitrogens with zero attached hydrogens (tertiary/aromatic N) is 1. The second-order valence-corrected chi connectivity index (χ2v) is 3.61. The summed E-state index contributed by atoms with van der Waals surface area (Å²) in [6, 6.07) is 11.2. The SMILES string of the molecule is CCc1ccccc1Oc1ccc(C=O)cn1. The summed E-state index contributed by atoms with van der Waals surface area (Å²) >= 11 is 0. The van der Waals surface area contributed by atoms with Crippen molar-refractivity contribution in [1.29, 1.82) is 0 Å². The molecule has 3 heteroatoms. The molecule has 2 aromatic rings. The van der Waals surface area contributed by atoms with E-state index in [1.807, 2.05) is 24.3 Å². The average molecular weight is 227 g/mol. The molecule has 1 heterocycles. The molecule has 1 aromatic heterocycles. The van der Waals surface area contributed by atoms with E-state index in [0.717, 1.165) is 24.0 Å². The van der Waals surface area contributed by atoms with Crippen LogP contribution in [0.5, 0.6) is 11.6 Å². The van der Waals surface area contributed by atoms with Crippen LogP contribution in [0.3, 0.4) is 0 Å². The molecule has 0 bridgehead atoms. The van der Waals surface area contributed by atoms with Gasteiger partial charge in [-0.1, -0.05) is 25.1 Å². The molecule has 0 atom stereocenters. The lowest BCUT2D eigenvalue weighted by atomic mass is 10.1. The molecule has 0 fully saturated rings. The predicted octanol–water partition coefficient (Wildman–Crippen LogP) is 3.25. The number of para-hydroxylation sites is 1. The smallest absolute Gasteiger partial charge is 0.219 e. The molecule has 0 aliphatic heterocycles. The highest BCUT2D eigenvalue weighted by molar-refractivity contribution is 5.74. The van der Waals surface area contributed by atoms with Gasteiger partial charge in [-0.15, -0.1) is 0 Å². The number of rotatable bonds is 4. The molecular formula is C14H13NO2. The highest BCUT2D eigenvalue weighted by Gasteiger charge is 2.03. The van der Waals surface area contributed by atoms with E-state index in [0.29, 0.717) is 11.4 Å². The number of hydrogen-bond donors (Lipinski definition) is 0. The van der Waals surface area contributed by atoms with E-state index >= 15 is 0 Å². The second kappa shape index (κ2) is 5.25. The number of aromatic nitrogens is 1. The standard InChI is InChI=1S/C14H13NO2/c1-2-12-5-3-4-6-13(12)17-14-8-7-11(10-16)9-15-14/h3-10H,2H2,1H3. The maximum Gasteiger partial charge on any atom is 0.219 e. The molecule has 17 heavy (non-hydrogen) atoms. The van der Waals surface area contributed by atoms with Crippen molar-refractivity contribution in [3.8, 4) is 11.6 Å². The molecule has 0 unspecified atom stereocenters. The van der Waals surface area contributed by atoms with Crippen molar-refractivity contribution < 1.29 is 9.53 Å². The van der Waals surface area contributed by atoms with Gasteiger partial charge in [0, 0.05) is 17.8 Å². The minimum atomic E-state index is 0.497. The van der Waals surface area contributed by atoms with Gasteiger partial charge in [-0.3, -0.25) is 4.79 Å². The van der Waals surface area contributed by atoms with Crippen LogP contribution in [0.15, 0.2) is 42.6 Å². The molecule has 2 rings (SSSR count). The third kappa shape index (κ3) is 2.69. The Hall–Kier alpha value is -2.16. The summed E-state index contributed by atoms with van der Waals surface area (Å²) in [5, 5.41) is 0. The van der Waals surface area contributed by atoms with Crippen molar-refractivity contribution in [3.63, 3.8) is 0 Å². The number of carbonyl (C=O) groups excluding carboxylic acids is 1. The zero-order valence-corrected chi connectivity index (χ0v) is 9.59. The predicted molar refractivity (Wildman–Crippen MR) is 65.5 cm³/mol. The molecule has 0 radical (unpaired) electrons. The van der Waals surface area contributed by atoms with Crippen LogP contribution in [-0.2, 0) is 6.42 Å². The van der Waals surface area contributed by atoms with Gasteiger partial charge in [-0.2, -0.15) is 0 Å². The maximum atomic E-state index is 10.5. The van der Waals surface area contributed by atoms with Crippen molar-refractivity contribution in [3.05, 3.63) is 53.7 Å². The molecule has 86 valence electrons. The Bertz CT molecular complexity index is 506. The van der Waals surface area contributed by atoms with Gasteiger partial charge in [0.15, 0.2) is 6.29 Å². The summed E-state index contributed by atoms with van der Waals surface area (Å²) < 4.78 is 5.67. The fourth-order valence-corrected chi connectivity index (χ4v) is 1.53. The van der Waals surface area contributed by atoms with Crippen LogP contribution in [0.25, 0.3) is 0 Å². The highest BCUT2D eigenvalue weighted by Crippen LogP contribution is 2.23. The molecule has 0 spiro atoms. The van der Waals surface area contributed by atoms with Crippen LogP contribution in [0.1, 0.15) is 22.8 Å². The average Bonchev–Trinajstić information content (AvgIpc) is 2.40. The lowest BCUT2D eigenvalue weighted by Gasteiger charge is -2.08. The maximum absolute atomic E-state index is 10.5. The monoisotopic (exact) mass is 227 g/mol. The molecular weight excluding hydrogens is 214 g/mol. The Balaban J connectivity index is 2.21. The molecule has 1 aromatic carbocycles. The highest BCUT2D eigenvalue weighted by atomic mass is 16.5. The Morgan fingerprint density at radius 2 is 2.06 bits per heavy atom. The van der Waals surface area contributed by atoms with Gasteiger partial charge >= 0.3 is 0 Å². The molecule has 0 N–H and O–H groups in total. The largest absolute Gasteiger partial charge is 0.439 e. The van der Waals surface area contributed by atoms with Crippen molar-refractivity contribution in [1.82, 2.24) is 4.98 Å². The second-order valence-electron chi connectivity index (χ2n) is 3.61. The van der Waals surface area contributed by atoms with Crippen molar-refractivity contribution in [2.24, 2.45) is 0 Å². The molecule has 0 amide bonds. The topological polar surface area (TPSA) is 39.2 Å². The van der Waals surface area contributed by atoms with Crippen molar-refractivity contribution in [2.75, 3.05) is 0 Å². The summed E-state index contributed by atoms with van der Waals surface area (Å²) in [5.41, 5.74) is 1.68. The van der Waals surface area contributed by atoms with E-state index in [9.17, 15) is 4.79 Å². The lowest BCUT2D eigenvalue weighted by molar-refractivity contribution is 0.112. The quantitative estimate of drug-likeness (QED) is 0.752. The number of benzene rings is 1. The van der Waals surface area contributed by atoms with Gasteiger partial charge in [-0.05, 0) is 24.1 Å². The van der Waals surface area contributed by atoms with Gasteiger partial charge in [0.25, 0.3) is 0 Å². The number of ether oxygens (including phenoxy) is 1. The first-order valence-corrected chi connectivity index (χ1v) is 5.50. The number of aldehydes is 1. The van der Waals surface area contributed by atoms with E-state index < -0.39 is 0 Å². The fourth-order valence-electron chi connectivity index (χ4n) is 1.53. The first kappa shape index (κ1) is 11.3. The van der Waals surface area contributed by atoms with Gasteiger partial charge in [0.2, 0.25) is 5.88 Å². The third-order valence-electron chi connectivity index (χ3n) is 2.46. The van der Waals surface area contributed by atoms with Crippen LogP contribution < -0.4 is 4.74 Å². The van der Waals surface area contributed by atoms with Crippen molar-refractivity contribution >= 4 is 6.29 Å². The van der Waals surface area contributed by atoms with Crippen LogP contribution in [0.4, 0.5) is 0 Å². The number of pyridine rings is 1. The van der Waals surface area contributed by atoms with Crippen LogP contribution >= 0.6 is 0 Å². The molecule has 0 aliphatic rings. The number of carbonyl (C=O) groups is 1. The van der Waals surface area contributed by atoms with Gasteiger partial charge < -0.3 is 4.74 Å². The number of aryl methyl sites for hydroxylation is 1. The Labute approximate surface area is 100 Å². The van der Waals surface area contributed by atoms with Crippen LogP contribution in [0.2, 0.25) is 0 Å². The normalized spacial score (nSPS) is 9.94. The minimum Gasteiger partial charge on any atom is -0.439 e. The third-order valence-corrected chi connectivity index (χ3v) is 2.46. The summed E-state index contributed by atoms with van der Waals surface area (Å²) in [7, 11) is 0. The van der Waals surface area contributed by atoms with E-state index in [1.165, 1.54) is 6.20 Å². The van der Waals surface area contributed by atoms with Gasteiger partial charge in [0.05, 0.1) is 0 Å². The molecule has 0 aliphatic carbocycles. The first-order valence-electron chi connectivity index (χ1n) is 5.50. The summed E-state index contributed by atoms with van der Waals surface area (Å²) in [6.45, 7) is 2.07. The molecule has 0 saturated heterocycles. The Morgan fingerprint density at radius 1 is 1.24 bits per heavy atom. The number of hydrogen-bond acceptors (Lipinski definition) is 3. The molecule has 3 nitrogen and oxygen atoms in total. The zero-order chi connectivity index (χ0) is 12.1. The van der Waals surface area contributed by atoms with E-state index in [2.05, 4.69) is 11.9 Å². The fraction of sp³-hybridized carbons (Fsp3) is 0.143. The lowest BCUT2D eigenvalue weighted by Crippen LogP contribution is -1.92. The van der Waals surface area contributed by atoms with Crippen LogP contribution in [-0.4, -0.2) is 11.3 Å². The minimum absolute atomic E-state index is 0.497. The van der Waals surface area contributed by atoms with Gasteiger partial charge in [0.1, 0.15) is 5.75 Å². The van der Waals surface area contributed by atoms with Crippen LogP contribution in [0, 0.1) is 0 Å². The zero-order valence-electron chi connectivity index (χ0n) is 9.59. The van der Waals surface area contributed by atoms with Crippen molar-refractivity contribution in [2.45, 2.75) is 13.3 Å². The van der Waals surface area contributed by atoms with E-state index in [1.54, 1.807) is 12.1 Å². The summed E-state index contributed by atoms with van der Waals surface area (Å²) in [5.74, 6) is 1.30. The summed E-state index contributed by atoms with van der Waals surface area (Å²) in [6.07, 6.45) is 3.16. The first-order chi connectivity index (χ1) is 8.33. The van der Waals surface area contributed by atoms with Gasteiger partial charge in [-0.25, -0.2) is 4.98 Å². The summed E-state index contributed by atoms with van der Waals surface area (Å²) in [4.78, 5) is 14.6. The Morgan fingerprint density at radius 3 is 2.71 bits per heavy atom. The van der Waals surface area contributed by atoms with E-state index in [4.69, 9.17) is 4.74 Å². The van der Waals surface area contributed by atoms with E-state index in [-0.39, 0.29) is 0 Å².